The number of aromatic nitrogens is 2. The van der Waals surface area contributed by atoms with Gasteiger partial charge in [-0.3, -0.25) is 4.79 Å². The molecule has 5 nitrogen and oxygen atoms in total. The summed E-state index contributed by atoms with van der Waals surface area (Å²) in [7, 11) is 0. The molecule has 7 heteroatoms. The molecule has 1 heterocycles. The van der Waals surface area contributed by atoms with Gasteiger partial charge in [0.15, 0.2) is 5.69 Å². The molecule has 104 valence electrons. The number of carbonyl (C=O) groups excluding carboxylic acids is 1. The number of nitrogens with zero attached hydrogens (tertiary/aromatic N) is 2. The maximum Gasteiger partial charge on any atom is 0.276 e. The minimum atomic E-state index is -0.523. The predicted molar refractivity (Wildman–Crippen MR) is 78.2 cm³/mol. The third-order valence-electron chi connectivity index (χ3n) is 2.43. The number of anilines is 2. The summed E-state index contributed by atoms with van der Waals surface area (Å²) in [5.74, 6) is -0.453. The van der Waals surface area contributed by atoms with Gasteiger partial charge in [0, 0.05) is 11.0 Å². The first-order valence-electron chi connectivity index (χ1n) is 5.94. The molecule has 0 aliphatic carbocycles. The summed E-state index contributed by atoms with van der Waals surface area (Å²) in [6, 6.07) is 7.55. The maximum absolute atomic E-state index is 13.6. The molecule has 20 heavy (non-hydrogen) atoms. The number of hydrogen-bond donors (Lipinski definition) is 2. The van der Waals surface area contributed by atoms with Gasteiger partial charge in [-0.25, -0.2) is 4.39 Å². The Labute approximate surface area is 123 Å². The van der Waals surface area contributed by atoms with E-state index in [2.05, 4.69) is 36.8 Å². The highest BCUT2D eigenvalue weighted by Crippen LogP contribution is 2.19. The first-order valence-corrected chi connectivity index (χ1v) is 6.73. The van der Waals surface area contributed by atoms with E-state index in [-0.39, 0.29) is 11.4 Å². The zero-order valence-corrected chi connectivity index (χ0v) is 12.2. The molecule has 1 aromatic carbocycles. The van der Waals surface area contributed by atoms with Crippen LogP contribution in [0.3, 0.4) is 0 Å². The number of carbonyl (C=O) groups is 1. The lowest BCUT2D eigenvalue weighted by molar-refractivity contribution is 0.102. The summed E-state index contributed by atoms with van der Waals surface area (Å²) >= 11 is 3.15. The van der Waals surface area contributed by atoms with Gasteiger partial charge >= 0.3 is 0 Å². The monoisotopic (exact) mass is 338 g/mol. The molecule has 0 aliphatic rings. The van der Waals surface area contributed by atoms with Gasteiger partial charge in [-0.15, -0.1) is 10.2 Å². The summed E-state index contributed by atoms with van der Waals surface area (Å²) in [5, 5.41) is 13.0. The van der Waals surface area contributed by atoms with Crippen molar-refractivity contribution in [1.29, 1.82) is 0 Å². The predicted octanol–water partition coefficient (Wildman–Crippen LogP) is 3.06. The van der Waals surface area contributed by atoms with Crippen molar-refractivity contribution >= 4 is 33.3 Å². The minimum absolute atomic E-state index is 0.0933. The largest absolute Gasteiger partial charge is 0.369 e. The van der Waals surface area contributed by atoms with E-state index in [1.165, 1.54) is 18.2 Å². The molecular weight excluding hydrogens is 327 g/mol. The van der Waals surface area contributed by atoms with Crippen LogP contribution in [0, 0.1) is 5.82 Å². The molecule has 1 amide bonds. The first-order chi connectivity index (χ1) is 9.60. The molecule has 0 atom stereocenters. The van der Waals surface area contributed by atoms with Crippen LogP contribution in [0.4, 0.5) is 15.9 Å². The van der Waals surface area contributed by atoms with Crippen LogP contribution in [0.15, 0.2) is 34.8 Å². The number of benzene rings is 1. The van der Waals surface area contributed by atoms with E-state index < -0.39 is 11.7 Å². The quantitative estimate of drug-likeness (QED) is 0.898. The van der Waals surface area contributed by atoms with Gasteiger partial charge in [0.1, 0.15) is 11.6 Å². The molecule has 2 N–H and O–H groups in total. The summed E-state index contributed by atoms with van der Waals surface area (Å²) in [6.07, 6.45) is 0. The van der Waals surface area contributed by atoms with E-state index in [1.54, 1.807) is 12.1 Å². The van der Waals surface area contributed by atoms with Crippen molar-refractivity contribution < 1.29 is 9.18 Å². The lowest BCUT2D eigenvalue weighted by atomic mass is 10.3. The average Bonchev–Trinajstić information content (AvgIpc) is 2.43. The summed E-state index contributed by atoms with van der Waals surface area (Å²) in [4.78, 5) is 11.9. The normalized spacial score (nSPS) is 10.2. The van der Waals surface area contributed by atoms with Crippen LogP contribution in [-0.2, 0) is 0 Å². The van der Waals surface area contributed by atoms with Gasteiger partial charge in [-0.05, 0) is 37.3 Å². The number of hydrogen-bond acceptors (Lipinski definition) is 4. The van der Waals surface area contributed by atoms with Crippen LogP contribution in [0.1, 0.15) is 17.4 Å². The molecule has 2 rings (SSSR count). The lowest BCUT2D eigenvalue weighted by Gasteiger charge is -2.06. The average molecular weight is 339 g/mol. The summed E-state index contributed by atoms with van der Waals surface area (Å²) < 4.78 is 14.2. The van der Waals surface area contributed by atoms with Gasteiger partial charge in [-0.1, -0.05) is 15.9 Å². The summed E-state index contributed by atoms with van der Waals surface area (Å²) in [5.41, 5.74) is 0.213. The maximum atomic E-state index is 13.6. The zero-order valence-electron chi connectivity index (χ0n) is 10.7. The van der Waals surface area contributed by atoms with Gasteiger partial charge in [0.05, 0.1) is 5.69 Å². The highest BCUT2D eigenvalue weighted by molar-refractivity contribution is 9.10. The molecule has 2 aromatic rings. The van der Waals surface area contributed by atoms with E-state index in [0.29, 0.717) is 16.8 Å². The Morgan fingerprint density at radius 1 is 1.30 bits per heavy atom. The Morgan fingerprint density at radius 2 is 2.10 bits per heavy atom. The second-order valence-corrected chi connectivity index (χ2v) is 4.83. The third-order valence-corrected chi connectivity index (χ3v) is 2.93. The first kappa shape index (κ1) is 14.4. The van der Waals surface area contributed by atoms with Crippen molar-refractivity contribution in [2.75, 3.05) is 17.2 Å². The van der Waals surface area contributed by atoms with E-state index in [0.717, 1.165) is 0 Å². The SMILES string of the molecule is CCNc1ccc(C(=O)Nc2ccc(Br)cc2F)nn1. The standard InChI is InChI=1S/C13H12BrFN4O/c1-2-16-12-6-5-11(18-19-12)13(20)17-10-4-3-8(14)7-9(10)15/h3-7H,2H2,1H3,(H,16,19)(H,17,20). The highest BCUT2D eigenvalue weighted by atomic mass is 79.9. The van der Waals surface area contributed by atoms with Crippen LogP contribution in [0.25, 0.3) is 0 Å². The molecule has 0 aliphatic heterocycles. The van der Waals surface area contributed by atoms with E-state index >= 15 is 0 Å². The van der Waals surface area contributed by atoms with Gasteiger partial charge in [0.2, 0.25) is 0 Å². The van der Waals surface area contributed by atoms with Crippen molar-refractivity contribution in [3.8, 4) is 0 Å². The van der Waals surface area contributed by atoms with Crippen molar-refractivity contribution in [2.45, 2.75) is 6.92 Å². The van der Waals surface area contributed by atoms with Crippen molar-refractivity contribution in [3.63, 3.8) is 0 Å². The Hall–Kier alpha value is -2.02. The highest BCUT2D eigenvalue weighted by Gasteiger charge is 2.11. The second kappa shape index (κ2) is 6.42. The molecule has 0 saturated heterocycles. The Kier molecular flexibility index (Phi) is 4.62. The molecule has 0 radical (unpaired) electrons. The summed E-state index contributed by atoms with van der Waals surface area (Å²) in [6.45, 7) is 2.64. The number of amides is 1. The minimum Gasteiger partial charge on any atom is -0.369 e. The number of nitrogens with one attached hydrogen (secondary N) is 2. The fourth-order valence-electron chi connectivity index (χ4n) is 1.51. The molecule has 0 bridgehead atoms. The fraction of sp³-hybridized carbons (Fsp3) is 0.154. The Morgan fingerprint density at radius 3 is 2.70 bits per heavy atom. The van der Waals surface area contributed by atoms with Gasteiger partial charge in [0.25, 0.3) is 5.91 Å². The fourth-order valence-corrected chi connectivity index (χ4v) is 1.84. The topological polar surface area (TPSA) is 66.9 Å². The van der Waals surface area contributed by atoms with E-state index in [4.69, 9.17) is 0 Å². The van der Waals surface area contributed by atoms with Crippen LogP contribution >= 0.6 is 15.9 Å². The number of rotatable bonds is 4. The van der Waals surface area contributed by atoms with Crippen molar-refractivity contribution in [2.24, 2.45) is 0 Å². The third kappa shape index (κ3) is 3.51. The van der Waals surface area contributed by atoms with Crippen LogP contribution < -0.4 is 10.6 Å². The molecule has 0 spiro atoms. The van der Waals surface area contributed by atoms with Crippen molar-refractivity contribution in [3.05, 3.63) is 46.3 Å². The smallest absolute Gasteiger partial charge is 0.276 e. The Bertz CT molecular complexity index is 618. The van der Waals surface area contributed by atoms with Crippen LogP contribution in [0.5, 0.6) is 0 Å². The molecule has 0 unspecified atom stereocenters. The Balaban J connectivity index is 2.11. The van der Waals surface area contributed by atoms with E-state index in [1.807, 2.05) is 6.92 Å². The van der Waals surface area contributed by atoms with Crippen molar-refractivity contribution in [1.82, 2.24) is 10.2 Å². The zero-order chi connectivity index (χ0) is 14.5. The lowest BCUT2D eigenvalue weighted by Crippen LogP contribution is -2.15. The molecular formula is C13H12BrFN4O. The van der Waals surface area contributed by atoms with Gasteiger partial charge < -0.3 is 10.6 Å². The number of halogens is 2. The van der Waals surface area contributed by atoms with Crippen LogP contribution in [-0.4, -0.2) is 22.6 Å². The van der Waals surface area contributed by atoms with Gasteiger partial charge in [-0.2, -0.15) is 0 Å². The molecule has 0 saturated carbocycles. The van der Waals surface area contributed by atoms with E-state index in [9.17, 15) is 9.18 Å². The molecule has 1 aromatic heterocycles. The second-order valence-electron chi connectivity index (χ2n) is 3.91. The van der Waals surface area contributed by atoms with Crippen LogP contribution in [0.2, 0.25) is 0 Å². The molecule has 0 fully saturated rings.